The summed E-state index contributed by atoms with van der Waals surface area (Å²) < 4.78 is 4.90. The quantitative estimate of drug-likeness (QED) is 0.734. The first-order valence-corrected chi connectivity index (χ1v) is 4.45. The zero-order valence-corrected chi connectivity index (χ0v) is 7.84. The number of furan rings is 1. The molecule has 0 saturated carbocycles. The molecular weight excluding hydrogens is 198 g/mol. The standard InChI is InChI=1S/C10H9NO4/c12-9(11-4-1-2-5-11)8-7(10(13)14)3-6-15-8/h1-3,6H,4-5H2,(H,13,14). The molecule has 0 atom stereocenters. The van der Waals surface area contributed by atoms with Crippen molar-refractivity contribution < 1.29 is 19.1 Å². The van der Waals surface area contributed by atoms with Gasteiger partial charge < -0.3 is 14.4 Å². The van der Waals surface area contributed by atoms with E-state index in [2.05, 4.69) is 0 Å². The lowest BCUT2D eigenvalue weighted by Crippen LogP contribution is -2.29. The maximum absolute atomic E-state index is 11.8. The van der Waals surface area contributed by atoms with E-state index in [1.165, 1.54) is 17.2 Å². The summed E-state index contributed by atoms with van der Waals surface area (Å²) in [5, 5.41) is 8.80. The molecule has 0 saturated heterocycles. The lowest BCUT2D eigenvalue weighted by molar-refractivity contribution is 0.0673. The number of rotatable bonds is 2. The number of hydrogen-bond donors (Lipinski definition) is 1. The average molecular weight is 207 g/mol. The van der Waals surface area contributed by atoms with E-state index in [1.807, 2.05) is 12.2 Å². The van der Waals surface area contributed by atoms with Crippen molar-refractivity contribution in [1.29, 1.82) is 0 Å². The third kappa shape index (κ3) is 1.63. The van der Waals surface area contributed by atoms with E-state index in [-0.39, 0.29) is 17.2 Å². The minimum absolute atomic E-state index is 0.0908. The highest BCUT2D eigenvalue weighted by molar-refractivity contribution is 6.02. The van der Waals surface area contributed by atoms with Crippen LogP contribution in [0.4, 0.5) is 0 Å². The van der Waals surface area contributed by atoms with Crippen molar-refractivity contribution in [2.75, 3.05) is 13.1 Å². The van der Waals surface area contributed by atoms with Crippen molar-refractivity contribution in [3.05, 3.63) is 35.8 Å². The number of carboxylic acid groups (broad SMARTS) is 1. The maximum atomic E-state index is 11.8. The predicted molar refractivity (Wildman–Crippen MR) is 50.7 cm³/mol. The third-order valence-corrected chi connectivity index (χ3v) is 2.20. The molecule has 0 radical (unpaired) electrons. The van der Waals surface area contributed by atoms with Crippen molar-refractivity contribution in [3.63, 3.8) is 0 Å². The summed E-state index contributed by atoms with van der Waals surface area (Å²) in [6.07, 6.45) is 4.91. The van der Waals surface area contributed by atoms with E-state index in [1.54, 1.807) is 0 Å². The molecule has 1 aromatic rings. The Morgan fingerprint density at radius 2 is 2.00 bits per heavy atom. The van der Waals surface area contributed by atoms with Crippen LogP contribution in [0.25, 0.3) is 0 Å². The highest BCUT2D eigenvalue weighted by Gasteiger charge is 2.25. The lowest BCUT2D eigenvalue weighted by Gasteiger charge is -2.13. The summed E-state index contributed by atoms with van der Waals surface area (Å²) in [5.74, 6) is -1.65. The second-order valence-electron chi connectivity index (χ2n) is 3.15. The van der Waals surface area contributed by atoms with Gasteiger partial charge in [0.25, 0.3) is 5.91 Å². The summed E-state index contributed by atoms with van der Waals surface area (Å²) in [5.41, 5.74) is -0.0908. The van der Waals surface area contributed by atoms with Crippen molar-refractivity contribution in [2.24, 2.45) is 0 Å². The predicted octanol–water partition coefficient (Wildman–Crippen LogP) is 0.990. The van der Waals surface area contributed by atoms with Crippen molar-refractivity contribution in [1.82, 2.24) is 4.90 Å². The van der Waals surface area contributed by atoms with Crippen LogP contribution in [0.1, 0.15) is 20.9 Å². The Morgan fingerprint density at radius 3 is 2.60 bits per heavy atom. The molecule has 15 heavy (non-hydrogen) atoms. The van der Waals surface area contributed by atoms with Gasteiger partial charge in [0.05, 0.1) is 6.26 Å². The zero-order valence-electron chi connectivity index (χ0n) is 7.84. The van der Waals surface area contributed by atoms with Gasteiger partial charge in [-0.05, 0) is 6.07 Å². The Balaban J connectivity index is 2.25. The van der Waals surface area contributed by atoms with Crippen molar-refractivity contribution in [2.45, 2.75) is 0 Å². The highest BCUT2D eigenvalue weighted by Crippen LogP contribution is 2.14. The molecule has 78 valence electrons. The first-order chi connectivity index (χ1) is 7.20. The molecule has 5 heteroatoms. The molecule has 0 aromatic carbocycles. The summed E-state index contributed by atoms with van der Waals surface area (Å²) in [7, 11) is 0. The summed E-state index contributed by atoms with van der Waals surface area (Å²) in [4.78, 5) is 24.0. The lowest BCUT2D eigenvalue weighted by atomic mass is 10.2. The fourth-order valence-electron chi connectivity index (χ4n) is 1.43. The van der Waals surface area contributed by atoms with E-state index in [0.717, 1.165) is 0 Å². The van der Waals surface area contributed by atoms with Crippen molar-refractivity contribution >= 4 is 11.9 Å². The molecular formula is C10H9NO4. The number of hydrogen-bond acceptors (Lipinski definition) is 3. The Morgan fingerprint density at radius 1 is 1.33 bits per heavy atom. The van der Waals surface area contributed by atoms with Crippen LogP contribution in [0.5, 0.6) is 0 Å². The van der Waals surface area contributed by atoms with Gasteiger partial charge in [-0.3, -0.25) is 4.79 Å². The molecule has 1 amide bonds. The highest BCUT2D eigenvalue weighted by atomic mass is 16.4. The minimum atomic E-state index is -1.15. The van der Waals surface area contributed by atoms with Gasteiger partial charge in [-0.25, -0.2) is 4.79 Å². The fraction of sp³-hybridized carbons (Fsp3) is 0.200. The first kappa shape index (κ1) is 9.51. The summed E-state index contributed by atoms with van der Waals surface area (Å²) >= 11 is 0. The van der Waals surface area contributed by atoms with Crippen LogP contribution in [0.2, 0.25) is 0 Å². The van der Waals surface area contributed by atoms with Crippen LogP contribution in [0.15, 0.2) is 28.9 Å². The van der Waals surface area contributed by atoms with Gasteiger partial charge in [-0.1, -0.05) is 12.2 Å². The van der Waals surface area contributed by atoms with E-state index >= 15 is 0 Å². The van der Waals surface area contributed by atoms with Crippen LogP contribution in [-0.2, 0) is 0 Å². The Hall–Kier alpha value is -2.04. The topological polar surface area (TPSA) is 70.7 Å². The van der Waals surface area contributed by atoms with E-state index in [0.29, 0.717) is 13.1 Å². The largest absolute Gasteiger partial charge is 0.478 e. The summed E-state index contributed by atoms with van der Waals surface area (Å²) in [6, 6.07) is 1.28. The molecule has 0 aliphatic carbocycles. The minimum Gasteiger partial charge on any atom is -0.478 e. The van der Waals surface area contributed by atoms with Crippen LogP contribution >= 0.6 is 0 Å². The number of amides is 1. The van der Waals surface area contributed by atoms with Crippen LogP contribution in [0, 0.1) is 0 Å². The van der Waals surface area contributed by atoms with E-state index < -0.39 is 5.97 Å². The SMILES string of the molecule is O=C(O)c1ccoc1C(=O)N1CC=CC1. The Bertz CT molecular complexity index is 424. The molecule has 1 N–H and O–H groups in total. The number of carbonyl (C=O) groups is 2. The number of aromatic carboxylic acids is 1. The molecule has 2 heterocycles. The van der Waals surface area contributed by atoms with Gasteiger partial charge >= 0.3 is 5.97 Å². The number of carbonyl (C=O) groups excluding carboxylic acids is 1. The molecule has 1 aliphatic heterocycles. The van der Waals surface area contributed by atoms with Crippen LogP contribution in [0.3, 0.4) is 0 Å². The second kappa shape index (κ2) is 3.61. The summed E-state index contributed by atoms with van der Waals surface area (Å²) in [6.45, 7) is 0.997. The molecule has 0 fully saturated rings. The van der Waals surface area contributed by atoms with Gasteiger partial charge in [0.1, 0.15) is 5.56 Å². The van der Waals surface area contributed by atoms with Gasteiger partial charge in [-0.2, -0.15) is 0 Å². The van der Waals surface area contributed by atoms with Gasteiger partial charge in [0.15, 0.2) is 0 Å². The molecule has 1 aliphatic rings. The zero-order chi connectivity index (χ0) is 10.8. The fourth-order valence-corrected chi connectivity index (χ4v) is 1.43. The molecule has 1 aromatic heterocycles. The van der Waals surface area contributed by atoms with Crippen LogP contribution < -0.4 is 0 Å². The van der Waals surface area contributed by atoms with Crippen molar-refractivity contribution in [3.8, 4) is 0 Å². The van der Waals surface area contributed by atoms with Gasteiger partial charge in [0, 0.05) is 13.1 Å². The second-order valence-corrected chi connectivity index (χ2v) is 3.15. The molecule has 0 bridgehead atoms. The van der Waals surface area contributed by atoms with Gasteiger partial charge in [-0.15, -0.1) is 0 Å². The smallest absolute Gasteiger partial charge is 0.339 e. The molecule has 5 nitrogen and oxygen atoms in total. The normalized spacial score (nSPS) is 14.5. The number of nitrogens with zero attached hydrogens (tertiary/aromatic N) is 1. The van der Waals surface area contributed by atoms with E-state index in [4.69, 9.17) is 9.52 Å². The third-order valence-electron chi connectivity index (χ3n) is 2.20. The Labute approximate surface area is 85.6 Å². The van der Waals surface area contributed by atoms with Gasteiger partial charge in [0.2, 0.25) is 5.76 Å². The van der Waals surface area contributed by atoms with E-state index in [9.17, 15) is 9.59 Å². The monoisotopic (exact) mass is 207 g/mol. The average Bonchev–Trinajstić information content (AvgIpc) is 2.88. The Kier molecular flexibility index (Phi) is 2.29. The maximum Gasteiger partial charge on any atom is 0.339 e. The number of carboxylic acids is 1. The van der Waals surface area contributed by atoms with Crippen LogP contribution in [-0.4, -0.2) is 35.0 Å². The first-order valence-electron chi connectivity index (χ1n) is 4.45. The molecule has 2 rings (SSSR count). The molecule has 0 spiro atoms. The molecule has 0 unspecified atom stereocenters.